The maximum Gasteiger partial charge on any atom is 0.133 e. The van der Waals surface area contributed by atoms with Crippen molar-refractivity contribution < 1.29 is 9.47 Å². The summed E-state index contributed by atoms with van der Waals surface area (Å²) in [6.45, 7) is 9.01. The van der Waals surface area contributed by atoms with E-state index >= 15 is 0 Å². The molecule has 6 heteroatoms. The van der Waals surface area contributed by atoms with Gasteiger partial charge in [-0.1, -0.05) is 60.1 Å². The number of hydrogen-bond acceptors (Lipinski definition) is 4. The molecule has 2 unspecified atom stereocenters. The molecule has 2 atom stereocenters. The zero-order chi connectivity index (χ0) is 23.4. The summed E-state index contributed by atoms with van der Waals surface area (Å²) in [5.41, 5.74) is 3.94. The summed E-state index contributed by atoms with van der Waals surface area (Å²) in [4.78, 5) is 5.09. The van der Waals surface area contributed by atoms with E-state index in [0.717, 1.165) is 33.8 Å². The standard InChI is InChI=1S/C27H26Cl2N2O2/c1-4-32-17(3)20-10-15-23(24(16-20)33-5-2)27-30-25(18-6-11-21(28)12-7-18)26(31-27)19-8-13-22(29)14-9-19/h6-16,25-26H,3-5H2,1-2H3,(H,30,31). The minimum absolute atomic E-state index is 0.0639. The lowest BCUT2D eigenvalue weighted by Gasteiger charge is -2.20. The SMILES string of the molecule is C=C(OCC)c1ccc(C2=NC(c3ccc(Cl)cc3)C(c3ccc(Cl)cc3)N2)c(OCC)c1. The Hall–Kier alpha value is -2.95. The molecule has 0 aromatic heterocycles. The van der Waals surface area contributed by atoms with Crippen LogP contribution in [0.25, 0.3) is 5.76 Å². The quantitative estimate of drug-likeness (QED) is 0.345. The van der Waals surface area contributed by atoms with Crippen LogP contribution in [0.3, 0.4) is 0 Å². The van der Waals surface area contributed by atoms with Crippen molar-refractivity contribution >= 4 is 34.8 Å². The van der Waals surface area contributed by atoms with E-state index in [1.54, 1.807) is 0 Å². The minimum atomic E-state index is -0.133. The highest BCUT2D eigenvalue weighted by molar-refractivity contribution is 6.30. The van der Waals surface area contributed by atoms with E-state index in [1.165, 1.54) is 0 Å². The molecule has 1 N–H and O–H groups in total. The lowest BCUT2D eigenvalue weighted by atomic mass is 9.95. The third kappa shape index (κ3) is 5.18. The Bertz CT molecular complexity index is 1160. The Morgan fingerprint density at radius 1 is 0.909 bits per heavy atom. The van der Waals surface area contributed by atoms with Crippen molar-refractivity contribution in [2.45, 2.75) is 25.9 Å². The molecule has 0 fully saturated rings. The minimum Gasteiger partial charge on any atom is -0.494 e. The van der Waals surface area contributed by atoms with Crippen molar-refractivity contribution in [1.29, 1.82) is 0 Å². The van der Waals surface area contributed by atoms with Gasteiger partial charge in [0.15, 0.2) is 0 Å². The smallest absolute Gasteiger partial charge is 0.133 e. The maximum atomic E-state index is 6.13. The van der Waals surface area contributed by atoms with E-state index in [1.807, 2.05) is 80.6 Å². The first-order chi connectivity index (χ1) is 16.0. The summed E-state index contributed by atoms with van der Waals surface area (Å²) in [6, 6.07) is 21.4. The number of nitrogens with one attached hydrogen (secondary N) is 1. The van der Waals surface area contributed by atoms with Crippen LogP contribution >= 0.6 is 23.2 Å². The summed E-state index contributed by atoms with van der Waals surface area (Å²) in [6.07, 6.45) is 0. The van der Waals surface area contributed by atoms with E-state index in [-0.39, 0.29) is 12.1 Å². The molecule has 4 rings (SSSR count). The lowest BCUT2D eigenvalue weighted by molar-refractivity contribution is 0.298. The first-order valence-corrected chi connectivity index (χ1v) is 11.7. The molecule has 0 saturated heterocycles. The van der Waals surface area contributed by atoms with Gasteiger partial charge in [-0.2, -0.15) is 0 Å². The third-order valence-electron chi connectivity index (χ3n) is 5.49. The van der Waals surface area contributed by atoms with Crippen molar-refractivity contribution in [2.75, 3.05) is 13.2 Å². The zero-order valence-corrected chi connectivity index (χ0v) is 20.2. The molecule has 1 heterocycles. The molecule has 0 amide bonds. The molecule has 4 nitrogen and oxygen atoms in total. The number of benzene rings is 3. The molecule has 3 aromatic rings. The topological polar surface area (TPSA) is 42.8 Å². The van der Waals surface area contributed by atoms with Crippen LogP contribution in [0.1, 0.15) is 48.2 Å². The molecule has 1 aliphatic heterocycles. The van der Waals surface area contributed by atoms with E-state index in [4.69, 9.17) is 37.7 Å². The molecular weight excluding hydrogens is 455 g/mol. The van der Waals surface area contributed by atoms with Gasteiger partial charge in [0.1, 0.15) is 23.4 Å². The van der Waals surface area contributed by atoms with Crippen molar-refractivity contribution in [3.05, 3.63) is 106 Å². The first kappa shape index (κ1) is 23.2. The summed E-state index contributed by atoms with van der Waals surface area (Å²) in [5.74, 6) is 2.12. The van der Waals surface area contributed by atoms with Gasteiger partial charge in [0.2, 0.25) is 0 Å². The molecule has 3 aromatic carbocycles. The average molecular weight is 481 g/mol. The average Bonchev–Trinajstić information content (AvgIpc) is 3.25. The number of hydrogen-bond donors (Lipinski definition) is 1. The van der Waals surface area contributed by atoms with Gasteiger partial charge in [-0.05, 0) is 61.4 Å². The van der Waals surface area contributed by atoms with Gasteiger partial charge in [0.25, 0.3) is 0 Å². The molecule has 1 aliphatic rings. The summed E-state index contributed by atoms with van der Waals surface area (Å²) in [7, 11) is 0. The van der Waals surface area contributed by atoms with Crippen molar-refractivity contribution in [2.24, 2.45) is 4.99 Å². The van der Waals surface area contributed by atoms with Crippen molar-refractivity contribution in [1.82, 2.24) is 5.32 Å². The Morgan fingerprint density at radius 2 is 1.55 bits per heavy atom. The Labute approximate surface area is 204 Å². The summed E-state index contributed by atoms with van der Waals surface area (Å²) >= 11 is 12.3. The monoisotopic (exact) mass is 480 g/mol. The fourth-order valence-corrected chi connectivity index (χ4v) is 4.16. The number of rotatable bonds is 8. The Kier molecular flexibility index (Phi) is 7.26. The second kappa shape index (κ2) is 10.3. The van der Waals surface area contributed by atoms with Gasteiger partial charge in [-0.15, -0.1) is 0 Å². The van der Waals surface area contributed by atoms with E-state index in [2.05, 4.69) is 11.9 Å². The molecule has 0 radical (unpaired) electrons. The zero-order valence-electron chi connectivity index (χ0n) is 18.6. The predicted molar refractivity (Wildman–Crippen MR) is 136 cm³/mol. The van der Waals surface area contributed by atoms with Crippen LogP contribution in [0, 0.1) is 0 Å². The van der Waals surface area contributed by atoms with Gasteiger partial charge in [0, 0.05) is 15.6 Å². The van der Waals surface area contributed by atoms with Crippen LogP contribution in [0.5, 0.6) is 5.75 Å². The normalized spacial score (nSPS) is 17.3. The van der Waals surface area contributed by atoms with Crippen LogP contribution in [-0.4, -0.2) is 19.0 Å². The van der Waals surface area contributed by atoms with Gasteiger partial charge in [0.05, 0.1) is 24.8 Å². The van der Waals surface area contributed by atoms with Gasteiger partial charge in [-0.3, -0.25) is 4.99 Å². The van der Waals surface area contributed by atoms with Gasteiger partial charge >= 0.3 is 0 Å². The van der Waals surface area contributed by atoms with Crippen LogP contribution in [0.4, 0.5) is 0 Å². The van der Waals surface area contributed by atoms with Crippen molar-refractivity contribution in [3.8, 4) is 5.75 Å². The summed E-state index contributed by atoms with van der Waals surface area (Å²) in [5, 5.41) is 5.01. The molecule has 33 heavy (non-hydrogen) atoms. The highest BCUT2D eigenvalue weighted by Crippen LogP contribution is 2.39. The molecule has 0 saturated carbocycles. The number of ether oxygens (including phenoxy) is 2. The van der Waals surface area contributed by atoms with Crippen LogP contribution in [-0.2, 0) is 4.74 Å². The third-order valence-corrected chi connectivity index (χ3v) is 6.00. The van der Waals surface area contributed by atoms with E-state index < -0.39 is 0 Å². The Balaban J connectivity index is 1.75. The largest absolute Gasteiger partial charge is 0.494 e. The van der Waals surface area contributed by atoms with Gasteiger partial charge < -0.3 is 14.8 Å². The number of nitrogens with zero attached hydrogens (tertiary/aromatic N) is 1. The number of halogens is 2. The van der Waals surface area contributed by atoms with Crippen LogP contribution in [0.2, 0.25) is 10.0 Å². The maximum absolute atomic E-state index is 6.13. The van der Waals surface area contributed by atoms with Crippen LogP contribution in [0.15, 0.2) is 78.3 Å². The highest BCUT2D eigenvalue weighted by atomic mass is 35.5. The predicted octanol–water partition coefficient (Wildman–Crippen LogP) is 7.23. The molecule has 170 valence electrons. The molecular formula is C27H26Cl2N2O2. The van der Waals surface area contributed by atoms with Crippen LogP contribution < -0.4 is 10.1 Å². The molecule has 0 aliphatic carbocycles. The second-order valence-corrected chi connectivity index (χ2v) is 8.52. The highest BCUT2D eigenvalue weighted by Gasteiger charge is 2.33. The van der Waals surface area contributed by atoms with E-state index in [0.29, 0.717) is 29.0 Å². The number of amidine groups is 1. The molecule has 0 spiro atoms. The second-order valence-electron chi connectivity index (χ2n) is 7.65. The van der Waals surface area contributed by atoms with Crippen molar-refractivity contribution in [3.63, 3.8) is 0 Å². The summed E-state index contributed by atoms with van der Waals surface area (Å²) < 4.78 is 11.6. The lowest BCUT2D eigenvalue weighted by Crippen LogP contribution is -2.25. The number of aliphatic imine (C=N–C) groups is 1. The molecule has 0 bridgehead atoms. The Morgan fingerprint density at radius 3 is 2.15 bits per heavy atom. The fourth-order valence-electron chi connectivity index (χ4n) is 3.91. The first-order valence-electron chi connectivity index (χ1n) is 10.9. The fraction of sp³-hybridized carbons (Fsp3) is 0.222. The van der Waals surface area contributed by atoms with E-state index in [9.17, 15) is 0 Å². The van der Waals surface area contributed by atoms with Gasteiger partial charge in [-0.25, -0.2) is 0 Å².